The van der Waals surface area contributed by atoms with E-state index in [0.717, 1.165) is 29.3 Å². The van der Waals surface area contributed by atoms with Gasteiger partial charge in [-0.15, -0.1) is 24.0 Å². The Balaban J connectivity index is 0.00000480. The van der Waals surface area contributed by atoms with E-state index in [1.54, 1.807) is 0 Å². The summed E-state index contributed by atoms with van der Waals surface area (Å²) < 4.78 is 27.8. The molecule has 2 aromatic rings. The Kier molecular flexibility index (Phi) is 10.9. The Morgan fingerprint density at radius 2 is 1.97 bits per heavy atom. The summed E-state index contributed by atoms with van der Waals surface area (Å²) in [5.41, 5.74) is 3.98. The molecule has 10 heteroatoms. The first kappa shape index (κ1) is 27.4. The van der Waals surface area contributed by atoms with Crippen molar-refractivity contribution in [3.8, 4) is 0 Å². The number of hydrogen-bond acceptors (Lipinski definition) is 4. The third kappa shape index (κ3) is 8.41. The van der Waals surface area contributed by atoms with Gasteiger partial charge >= 0.3 is 0 Å². The third-order valence-electron chi connectivity index (χ3n) is 4.66. The van der Waals surface area contributed by atoms with Gasteiger partial charge in [-0.05, 0) is 31.0 Å². The predicted molar refractivity (Wildman–Crippen MR) is 137 cm³/mol. The van der Waals surface area contributed by atoms with Gasteiger partial charge in [-0.25, -0.2) is 18.1 Å². The van der Waals surface area contributed by atoms with Gasteiger partial charge in [0.05, 0.1) is 18.0 Å². The molecule has 0 atom stereocenters. The molecule has 1 aromatic heterocycles. The normalized spacial score (nSPS) is 12.0. The Morgan fingerprint density at radius 3 is 2.58 bits per heavy atom. The van der Waals surface area contributed by atoms with Crippen molar-refractivity contribution in [2.45, 2.75) is 45.5 Å². The summed E-state index contributed by atoms with van der Waals surface area (Å²) >= 11 is 0. The van der Waals surface area contributed by atoms with E-state index in [1.807, 2.05) is 50.0 Å². The highest BCUT2D eigenvalue weighted by Gasteiger charge is 2.15. The maximum atomic E-state index is 11.8. The van der Waals surface area contributed by atoms with E-state index in [9.17, 15) is 8.42 Å². The number of aromatic nitrogens is 2. The van der Waals surface area contributed by atoms with Crippen LogP contribution in [0.25, 0.3) is 0 Å². The second kappa shape index (κ2) is 12.4. The van der Waals surface area contributed by atoms with Crippen LogP contribution >= 0.6 is 24.0 Å². The van der Waals surface area contributed by atoms with Crippen molar-refractivity contribution in [3.05, 3.63) is 52.8 Å². The van der Waals surface area contributed by atoms with Crippen molar-refractivity contribution >= 4 is 40.0 Å². The lowest BCUT2D eigenvalue weighted by molar-refractivity contribution is 0.473. The van der Waals surface area contributed by atoms with Crippen LogP contribution in [-0.4, -0.2) is 49.7 Å². The molecule has 0 aliphatic heterocycles. The summed E-state index contributed by atoms with van der Waals surface area (Å²) in [4.78, 5) is 6.84. The second-order valence-corrected chi connectivity index (χ2v) is 9.60. The van der Waals surface area contributed by atoms with Gasteiger partial charge in [-0.2, -0.15) is 5.10 Å². The molecule has 0 saturated carbocycles. The number of guanidine groups is 1. The van der Waals surface area contributed by atoms with Gasteiger partial charge in [-0.3, -0.25) is 4.68 Å². The van der Waals surface area contributed by atoms with Crippen molar-refractivity contribution in [2.75, 3.05) is 20.6 Å². The van der Waals surface area contributed by atoms with Gasteiger partial charge in [0.1, 0.15) is 0 Å². The zero-order valence-corrected chi connectivity index (χ0v) is 22.4. The second-order valence-electron chi connectivity index (χ2n) is 7.68. The van der Waals surface area contributed by atoms with Crippen LogP contribution in [0.3, 0.4) is 0 Å². The van der Waals surface area contributed by atoms with Crippen molar-refractivity contribution in [2.24, 2.45) is 12.0 Å². The quantitative estimate of drug-likeness (QED) is 0.279. The highest BCUT2D eigenvalue weighted by molar-refractivity contribution is 14.0. The number of hydrogen-bond donors (Lipinski definition) is 2. The summed E-state index contributed by atoms with van der Waals surface area (Å²) in [5.74, 6) is 1.11. The minimum atomic E-state index is -3.30. The number of halogens is 1. The summed E-state index contributed by atoms with van der Waals surface area (Å²) in [7, 11) is 2.07. The summed E-state index contributed by atoms with van der Waals surface area (Å²) in [6.07, 6.45) is 2.06. The molecule has 2 rings (SSSR count). The van der Waals surface area contributed by atoms with Crippen molar-refractivity contribution in [1.82, 2.24) is 24.7 Å². The van der Waals surface area contributed by atoms with E-state index >= 15 is 0 Å². The number of nitrogens with one attached hydrogen (secondary N) is 2. The number of rotatable bonds is 9. The van der Waals surface area contributed by atoms with Gasteiger partial charge in [-0.1, -0.05) is 38.1 Å². The topological polar surface area (TPSA) is 91.6 Å². The largest absolute Gasteiger partial charge is 0.357 e. The Hall–Kier alpha value is -1.66. The number of nitrogens with zero attached hydrogens (tertiary/aromatic N) is 4. The fourth-order valence-corrected chi connectivity index (χ4v) is 4.00. The molecule has 2 N–H and O–H groups in total. The SMILES string of the molecule is CCNC(=NCc1cccc(CS(=O)(=O)NC)c1)N(C)Cc1cn(C)nc1C(C)C.I. The van der Waals surface area contributed by atoms with Gasteiger partial charge in [0, 0.05) is 38.9 Å². The average Bonchev–Trinajstić information content (AvgIpc) is 3.05. The van der Waals surface area contributed by atoms with E-state index in [1.165, 1.54) is 12.6 Å². The molecule has 0 radical (unpaired) electrons. The zero-order valence-electron chi connectivity index (χ0n) is 19.2. The van der Waals surface area contributed by atoms with Crippen LogP contribution in [0.2, 0.25) is 0 Å². The number of aliphatic imine (C=N–C) groups is 1. The van der Waals surface area contributed by atoms with Crippen molar-refractivity contribution in [1.29, 1.82) is 0 Å². The first-order valence-electron chi connectivity index (χ1n) is 10.2. The highest BCUT2D eigenvalue weighted by Crippen LogP contribution is 2.18. The molecule has 0 aliphatic rings. The Labute approximate surface area is 203 Å². The minimum absolute atomic E-state index is 0. The van der Waals surface area contributed by atoms with Gasteiger partial charge < -0.3 is 10.2 Å². The van der Waals surface area contributed by atoms with Crippen LogP contribution in [0, 0.1) is 0 Å². The maximum absolute atomic E-state index is 11.8. The maximum Gasteiger partial charge on any atom is 0.215 e. The lowest BCUT2D eigenvalue weighted by atomic mass is 10.1. The standard InChI is InChI=1S/C21H34N6O2S.HI/c1-7-23-21(26(5)13-19-14-27(6)25-20(19)16(2)3)24-12-17-9-8-10-18(11-17)15-30(28,29)22-4;/h8-11,14,16,22H,7,12-13,15H2,1-6H3,(H,23,24);1H. The molecule has 8 nitrogen and oxygen atoms in total. The van der Waals surface area contributed by atoms with Crippen LogP contribution in [0.4, 0.5) is 0 Å². The summed E-state index contributed by atoms with van der Waals surface area (Å²) in [5, 5.41) is 7.92. The highest BCUT2D eigenvalue weighted by atomic mass is 127. The molecular weight excluding hydrogens is 527 g/mol. The van der Waals surface area contributed by atoms with E-state index < -0.39 is 10.0 Å². The number of benzene rings is 1. The first-order valence-corrected chi connectivity index (χ1v) is 11.8. The lowest BCUT2D eigenvalue weighted by Crippen LogP contribution is -2.38. The van der Waals surface area contributed by atoms with Crippen LogP contribution in [0.5, 0.6) is 0 Å². The van der Waals surface area contributed by atoms with Crippen molar-refractivity contribution < 1.29 is 8.42 Å². The third-order valence-corrected chi connectivity index (χ3v) is 5.99. The number of aryl methyl sites for hydroxylation is 1. The molecule has 0 amide bonds. The Morgan fingerprint density at radius 1 is 1.29 bits per heavy atom. The lowest BCUT2D eigenvalue weighted by Gasteiger charge is -2.22. The predicted octanol–water partition coefficient (Wildman–Crippen LogP) is 2.81. The Bertz CT molecular complexity index is 972. The van der Waals surface area contributed by atoms with Crippen LogP contribution in [0.1, 0.15) is 49.1 Å². The zero-order chi connectivity index (χ0) is 22.3. The molecule has 31 heavy (non-hydrogen) atoms. The molecule has 0 bridgehead atoms. The van der Waals surface area contributed by atoms with Crippen molar-refractivity contribution in [3.63, 3.8) is 0 Å². The monoisotopic (exact) mass is 562 g/mol. The summed E-state index contributed by atoms with van der Waals surface area (Å²) in [6.45, 7) is 8.25. The van der Waals surface area contributed by atoms with E-state index in [2.05, 4.69) is 40.1 Å². The summed E-state index contributed by atoms with van der Waals surface area (Å²) in [6, 6.07) is 7.53. The number of sulfonamides is 1. The molecule has 0 saturated heterocycles. The molecule has 0 unspecified atom stereocenters. The van der Waals surface area contributed by atoms with Gasteiger partial charge in [0.2, 0.25) is 10.0 Å². The smallest absolute Gasteiger partial charge is 0.215 e. The average molecular weight is 563 g/mol. The van der Waals surface area contributed by atoms with E-state index in [0.29, 0.717) is 19.0 Å². The van der Waals surface area contributed by atoms with E-state index in [-0.39, 0.29) is 29.7 Å². The van der Waals surface area contributed by atoms with E-state index in [4.69, 9.17) is 4.99 Å². The molecule has 1 heterocycles. The molecule has 0 spiro atoms. The fourth-order valence-electron chi connectivity index (χ4n) is 3.24. The fraction of sp³-hybridized carbons (Fsp3) is 0.524. The molecule has 1 aromatic carbocycles. The molecule has 174 valence electrons. The first-order chi connectivity index (χ1) is 14.1. The van der Waals surface area contributed by atoms with Crippen LogP contribution < -0.4 is 10.0 Å². The van der Waals surface area contributed by atoms with Gasteiger partial charge in [0.25, 0.3) is 0 Å². The van der Waals surface area contributed by atoms with Gasteiger partial charge in [0.15, 0.2) is 5.96 Å². The molecule has 0 aliphatic carbocycles. The van der Waals surface area contributed by atoms with Crippen LogP contribution in [0.15, 0.2) is 35.5 Å². The molecule has 0 fully saturated rings. The minimum Gasteiger partial charge on any atom is -0.357 e. The van der Waals surface area contributed by atoms with Crippen LogP contribution in [-0.2, 0) is 35.9 Å². The molecular formula is C21H35IN6O2S.